The minimum Gasteiger partial charge on any atom is -0.353 e. The molecule has 0 unspecified atom stereocenters. The Morgan fingerprint density at radius 2 is 1.54 bits per heavy atom. The van der Waals surface area contributed by atoms with E-state index in [0.717, 1.165) is 18.4 Å². The lowest BCUT2D eigenvalue weighted by atomic mass is 9.96. The summed E-state index contributed by atoms with van der Waals surface area (Å²) in [5.74, 6) is -0.0674. The first kappa shape index (κ1) is 18.5. The van der Waals surface area contributed by atoms with Gasteiger partial charge in [0.25, 0.3) is 0 Å². The lowest BCUT2D eigenvalue weighted by Crippen LogP contribution is -2.36. The molecule has 2 rings (SSSR count). The second-order valence-corrected chi connectivity index (χ2v) is 6.81. The fourth-order valence-electron chi connectivity index (χ4n) is 3.27. The molecule has 0 spiro atoms. The third-order valence-corrected chi connectivity index (χ3v) is 4.73. The Balaban J connectivity index is 1.68. The van der Waals surface area contributed by atoms with E-state index in [1.54, 1.807) is 0 Å². The van der Waals surface area contributed by atoms with Crippen LogP contribution in [0.1, 0.15) is 76.3 Å². The summed E-state index contributed by atoms with van der Waals surface area (Å²) in [6, 6.07) is 10.1. The van der Waals surface area contributed by atoms with Crippen molar-refractivity contribution in [1.29, 1.82) is 0 Å². The van der Waals surface area contributed by atoms with Crippen molar-refractivity contribution in [1.82, 2.24) is 10.6 Å². The van der Waals surface area contributed by atoms with Gasteiger partial charge >= 0.3 is 0 Å². The van der Waals surface area contributed by atoms with E-state index in [4.69, 9.17) is 0 Å². The van der Waals surface area contributed by atoms with Crippen LogP contribution in [0.3, 0.4) is 0 Å². The number of nitrogens with one attached hydrogen (secondary N) is 2. The van der Waals surface area contributed by atoms with Crippen molar-refractivity contribution in [2.45, 2.75) is 76.8 Å². The predicted octanol–water partition coefficient (Wildman–Crippen LogP) is 3.87. The van der Waals surface area contributed by atoms with Crippen LogP contribution in [0.2, 0.25) is 0 Å². The zero-order valence-corrected chi connectivity index (χ0v) is 14.7. The van der Waals surface area contributed by atoms with Crippen LogP contribution < -0.4 is 10.6 Å². The van der Waals surface area contributed by atoms with Crippen LogP contribution in [0.25, 0.3) is 0 Å². The zero-order valence-electron chi connectivity index (χ0n) is 14.7. The highest BCUT2D eigenvalue weighted by Crippen LogP contribution is 2.17. The van der Waals surface area contributed by atoms with Crippen molar-refractivity contribution in [3.63, 3.8) is 0 Å². The smallest absolute Gasteiger partial charge is 0.220 e. The van der Waals surface area contributed by atoms with Crippen molar-refractivity contribution in [2.75, 3.05) is 0 Å². The van der Waals surface area contributed by atoms with Gasteiger partial charge in [0.1, 0.15) is 0 Å². The van der Waals surface area contributed by atoms with Crippen molar-refractivity contribution < 1.29 is 9.59 Å². The second-order valence-electron chi connectivity index (χ2n) is 6.81. The highest BCUT2D eigenvalue weighted by Gasteiger charge is 2.15. The Kier molecular flexibility index (Phi) is 7.80. The highest BCUT2D eigenvalue weighted by molar-refractivity contribution is 5.84. The van der Waals surface area contributed by atoms with Crippen LogP contribution in [0.5, 0.6) is 0 Å². The number of amides is 2. The van der Waals surface area contributed by atoms with Crippen LogP contribution in [0, 0.1) is 0 Å². The average Bonchev–Trinajstić information content (AvgIpc) is 2.56. The van der Waals surface area contributed by atoms with E-state index in [-0.39, 0.29) is 30.7 Å². The molecule has 1 aliphatic rings. The average molecular weight is 330 g/mol. The molecule has 0 aromatic heterocycles. The van der Waals surface area contributed by atoms with Crippen molar-refractivity contribution in [3.05, 3.63) is 35.9 Å². The molecule has 1 aromatic rings. The largest absolute Gasteiger partial charge is 0.353 e. The maximum atomic E-state index is 12.1. The third-order valence-electron chi connectivity index (χ3n) is 4.73. The molecule has 0 radical (unpaired) electrons. The number of hydrogen-bond acceptors (Lipinski definition) is 2. The van der Waals surface area contributed by atoms with Gasteiger partial charge in [0.05, 0.1) is 6.04 Å². The summed E-state index contributed by atoms with van der Waals surface area (Å²) in [6.45, 7) is 1.96. The number of hydrogen-bond donors (Lipinski definition) is 2. The summed E-state index contributed by atoms with van der Waals surface area (Å²) in [4.78, 5) is 24.1. The van der Waals surface area contributed by atoms with E-state index in [1.807, 2.05) is 37.3 Å². The number of benzene rings is 1. The number of rotatable bonds is 6. The lowest BCUT2D eigenvalue weighted by Gasteiger charge is -2.21. The summed E-state index contributed by atoms with van der Waals surface area (Å²) < 4.78 is 0. The molecule has 4 heteroatoms. The number of carbonyl (C=O) groups is 2. The minimum absolute atomic E-state index is 0.00286. The third kappa shape index (κ3) is 6.73. The Morgan fingerprint density at radius 3 is 2.21 bits per heavy atom. The molecule has 0 saturated heterocycles. The molecule has 2 N–H and O–H groups in total. The Morgan fingerprint density at radius 1 is 0.958 bits per heavy atom. The predicted molar refractivity (Wildman–Crippen MR) is 96.5 cm³/mol. The molecular weight excluding hydrogens is 300 g/mol. The van der Waals surface area contributed by atoms with E-state index >= 15 is 0 Å². The Hall–Kier alpha value is -1.84. The van der Waals surface area contributed by atoms with E-state index in [2.05, 4.69) is 10.6 Å². The molecule has 1 fully saturated rings. The molecule has 0 aliphatic heterocycles. The minimum atomic E-state index is -0.0702. The summed E-state index contributed by atoms with van der Waals surface area (Å²) >= 11 is 0. The molecule has 0 heterocycles. The van der Waals surface area contributed by atoms with Gasteiger partial charge in [0, 0.05) is 18.9 Å². The molecule has 4 nitrogen and oxygen atoms in total. The standard InChI is InChI=1S/C20H30N2O2/c1-16(17-10-6-5-7-11-17)21-19(23)14-15-20(24)22-18-12-8-3-2-4-9-13-18/h5-7,10-11,16,18H,2-4,8-9,12-15H2,1H3,(H,21,23)(H,22,24)/t16-/m1/s1. The van der Waals surface area contributed by atoms with Gasteiger partial charge in [-0.2, -0.15) is 0 Å². The van der Waals surface area contributed by atoms with Gasteiger partial charge in [0.2, 0.25) is 11.8 Å². The van der Waals surface area contributed by atoms with Crippen LogP contribution in [0.15, 0.2) is 30.3 Å². The van der Waals surface area contributed by atoms with Gasteiger partial charge in [-0.05, 0) is 25.3 Å². The molecule has 1 aliphatic carbocycles. The van der Waals surface area contributed by atoms with Crippen LogP contribution in [-0.4, -0.2) is 17.9 Å². The first-order valence-electron chi connectivity index (χ1n) is 9.29. The molecule has 132 valence electrons. The van der Waals surface area contributed by atoms with Gasteiger partial charge in [-0.1, -0.05) is 62.4 Å². The highest BCUT2D eigenvalue weighted by atomic mass is 16.2. The maximum absolute atomic E-state index is 12.1. The van der Waals surface area contributed by atoms with Crippen LogP contribution >= 0.6 is 0 Å². The molecule has 24 heavy (non-hydrogen) atoms. The van der Waals surface area contributed by atoms with Crippen molar-refractivity contribution in [3.8, 4) is 0 Å². The van der Waals surface area contributed by atoms with Gasteiger partial charge in [-0.3, -0.25) is 9.59 Å². The quantitative estimate of drug-likeness (QED) is 0.832. The van der Waals surface area contributed by atoms with Crippen LogP contribution in [0.4, 0.5) is 0 Å². The van der Waals surface area contributed by atoms with Gasteiger partial charge in [0.15, 0.2) is 0 Å². The first-order chi connectivity index (χ1) is 11.6. The lowest BCUT2D eigenvalue weighted by molar-refractivity contribution is -0.127. The van der Waals surface area contributed by atoms with Crippen molar-refractivity contribution in [2.24, 2.45) is 0 Å². The van der Waals surface area contributed by atoms with E-state index in [0.29, 0.717) is 6.04 Å². The van der Waals surface area contributed by atoms with E-state index in [9.17, 15) is 9.59 Å². The fourth-order valence-corrected chi connectivity index (χ4v) is 3.27. The van der Waals surface area contributed by atoms with Gasteiger partial charge < -0.3 is 10.6 Å². The summed E-state index contributed by atoms with van der Waals surface area (Å²) in [5, 5.41) is 6.06. The summed E-state index contributed by atoms with van der Waals surface area (Å²) in [7, 11) is 0. The van der Waals surface area contributed by atoms with Gasteiger partial charge in [-0.25, -0.2) is 0 Å². The zero-order chi connectivity index (χ0) is 17.2. The number of carbonyl (C=O) groups excluding carboxylic acids is 2. The van der Waals surface area contributed by atoms with Crippen molar-refractivity contribution >= 4 is 11.8 Å². The summed E-state index contributed by atoms with van der Waals surface area (Å²) in [6.07, 6.45) is 8.91. The second kappa shape index (κ2) is 10.1. The molecule has 1 atom stereocenters. The molecule has 1 saturated carbocycles. The molecule has 2 amide bonds. The van der Waals surface area contributed by atoms with Gasteiger partial charge in [-0.15, -0.1) is 0 Å². The maximum Gasteiger partial charge on any atom is 0.220 e. The monoisotopic (exact) mass is 330 g/mol. The first-order valence-corrected chi connectivity index (χ1v) is 9.29. The SMILES string of the molecule is C[C@@H](NC(=O)CCC(=O)NC1CCCCCCC1)c1ccccc1. The Bertz CT molecular complexity index is 508. The normalized spacial score (nSPS) is 17.4. The topological polar surface area (TPSA) is 58.2 Å². The molecular formula is C20H30N2O2. The van der Waals surface area contributed by atoms with E-state index in [1.165, 1.54) is 32.1 Å². The summed E-state index contributed by atoms with van der Waals surface area (Å²) in [5.41, 5.74) is 1.07. The fraction of sp³-hybridized carbons (Fsp3) is 0.600. The van der Waals surface area contributed by atoms with E-state index < -0.39 is 0 Å². The van der Waals surface area contributed by atoms with Crippen LogP contribution in [-0.2, 0) is 9.59 Å². The molecule has 1 aromatic carbocycles. The molecule has 0 bridgehead atoms. The Labute approximate surface area is 145 Å².